The lowest BCUT2D eigenvalue weighted by Crippen LogP contribution is -2.29. The van der Waals surface area contributed by atoms with Crippen LogP contribution in [0.25, 0.3) is 22.5 Å². The number of rotatable bonds is 4. The molecule has 1 amide bonds. The van der Waals surface area contributed by atoms with Crippen molar-refractivity contribution in [3.8, 4) is 22.5 Å². The van der Waals surface area contributed by atoms with E-state index in [9.17, 15) is 19.8 Å². The molecule has 1 aliphatic heterocycles. The van der Waals surface area contributed by atoms with E-state index in [0.29, 0.717) is 28.1 Å². The predicted molar refractivity (Wildman–Crippen MR) is 108 cm³/mol. The average Bonchev–Trinajstić information content (AvgIpc) is 3.41. The van der Waals surface area contributed by atoms with Gasteiger partial charge in [-0.2, -0.15) is 0 Å². The van der Waals surface area contributed by atoms with Gasteiger partial charge in [-0.05, 0) is 18.2 Å². The molecule has 0 aliphatic carbocycles. The van der Waals surface area contributed by atoms with E-state index in [1.165, 1.54) is 30.7 Å². The number of carboxylic acid groups (broad SMARTS) is 1. The molecular weight excluding hydrogens is 400 g/mol. The number of amides is 1. The van der Waals surface area contributed by atoms with Crippen molar-refractivity contribution in [3.05, 3.63) is 77.9 Å². The second-order valence-electron chi connectivity index (χ2n) is 6.84. The Morgan fingerprint density at radius 3 is 2.58 bits per heavy atom. The molecule has 0 saturated heterocycles. The van der Waals surface area contributed by atoms with Gasteiger partial charge in [-0.25, -0.2) is 4.79 Å². The number of aromatic carboxylic acids is 1. The number of carboxylic acids is 1. The Morgan fingerprint density at radius 2 is 1.87 bits per heavy atom. The third-order valence-corrected chi connectivity index (χ3v) is 5.08. The van der Waals surface area contributed by atoms with Crippen LogP contribution in [0.15, 0.2) is 61.2 Å². The summed E-state index contributed by atoms with van der Waals surface area (Å²) in [5.41, 5.74) is 2.80. The lowest BCUT2D eigenvalue weighted by atomic mass is 10.0. The van der Waals surface area contributed by atoms with Crippen LogP contribution >= 0.6 is 0 Å². The van der Waals surface area contributed by atoms with E-state index in [1.807, 2.05) is 0 Å². The molecule has 10 heteroatoms. The summed E-state index contributed by atoms with van der Waals surface area (Å²) in [6, 6.07) is 9.47. The van der Waals surface area contributed by atoms with Gasteiger partial charge in [0, 0.05) is 40.8 Å². The molecule has 0 fully saturated rings. The molecule has 152 valence electrons. The van der Waals surface area contributed by atoms with Crippen molar-refractivity contribution in [3.63, 3.8) is 0 Å². The summed E-state index contributed by atoms with van der Waals surface area (Å²) in [6.45, 7) is 0. The first-order chi connectivity index (χ1) is 15.0. The first kappa shape index (κ1) is 18.6. The van der Waals surface area contributed by atoms with Crippen LogP contribution < -0.4 is 4.90 Å². The first-order valence-corrected chi connectivity index (χ1v) is 9.20. The number of carbonyl (C=O) groups excluding carboxylic acids is 1. The van der Waals surface area contributed by atoms with Crippen molar-refractivity contribution >= 4 is 17.6 Å². The third kappa shape index (κ3) is 3.02. The molecule has 2 aromatic heterocycles. The van der Waals surface area contributed by atoms with Crippen molar-refractivity contribution in [1.82, 2.24) is 25.4 Å². The summed E-state index contributed by atoms with van der Waals surface area (Å²) in [4.78, 5) is 34.4. The monoisotopic (exact) mass is 414 g/mol. The van der Waals surface area contributed by atoms with Crippen LogP contribution in [0, 0.1) is 0 Å². The van der Waals surface area contributed by atoms with Gasteiger partial charge in [-0.3, -0.25) is 24.8 Å². The fraction of sp³-hybridized carbons (Fsp3) is 0.0476. The number of aromatic amines is 1. The van der Waals surface area contributed by atoms with Crippen LogP contribution in [0.2, 0.25) is 0 Å². The summed E-state index contributed by atoms with van der Waals surface area (Å²) in [5.74, 6) is -1.75. The number of aliphatic hydroxyl groups excluding tert-OH is 1. The highest BCUT2D eigenvalue weighted by molar-refractivity contribution is 6.13. The van der Waals surface area contributed by atoms with Crippen molar-refractivity contribution in [2.75, 3.05) is 4.90 Å². The molecule has 0 radical (unpaired) electrons. The van der Waals surface area contributed by atoms with Crippen molar-refractivity contribution < 1.29 is 19.8 Å². The summed E-state index contributed by atoms with van der Waals surface area (Å²) in [6.07, 6.45) is 4.79. The summed E-state index contributed by atoms with van der Waals surface area (Å²) in [5, 5.41) is 30.8. The number of hydrogen-bond donors (Lipinski definition) is 3. The minimum absolute atomic E-state index is 0.0804. The van der Waals surface area contributed by atoms with E-state index >= 15 is 0 Å². The van der Waals surface area contributed by atoms with Crippen LogP contribution in [0.4, 0.5) is 5.69 Å². The van der Waals surface area contributed by atoms with E-state index < -0.39 is 18.1 Å². The first-order valence-electron chi connectivity index (χ1n) is 9.20. The quantitative estimate of drug-likeness (QED) is 0.461. The van der Waals surface area contributed by atoms with Gasteiger partial charge in [0.25, 0.3) is 5.91 Å². The second kappa shape index (κ2) is 7.11. The van der Waals surface area contributed by atoms with Crippen molar-refractivity contribution in [1.29, 1.82) is 0 Å². The number of carbonyl (C=O) groups is 2. The molecule has 3 heterocycles. The molecule has 31 heavy (non-hydrogen) atoms. The third-order valence-electron chi connectivity index (χ3n) is 5.08. The van der Waals surface area contributed by atoms with E-state index in [4.69, 9.17) is 0 Å². The number of benzene rings is 2. The van der Waals surface area contributed by atoms with Crippen LogP contribution in [0.3, 0.4) is 0 Å². The number of hydrogen-bond acceptors (Lipinski definition) is 7. The van der Waals surface area contributed by atoms with E-state index in [0.717, 1.165) is 4.90 Å². The van der Waals surface area contributed by atoms with Crippen LogP contribution in [-0.2, 0) is 0 Å². The maximum atomic E-state index is 13.2. The lowest BCUT2D eigenvalue weighted by molar-refractivity contribution is 0.0697. The molecule has 3 N–H and O–H groups in total. The highest BCUT2D eigenvalue weighted by Crippen LogP contribution is 2.39. The summed E-state index contributed by atoms with van der Waals surface area (Å²) in [7, 11) is 0. The number of nitrogens with one attached hydrogen (secondary N) is 1. The molecule has 1 aliphatic rings. The van der Waals surface area contributed by atoms with Gasteiger partial charge in [0.2, 0.25) is 0 Å². The smallest absolute Gasteiger partial charge is 0.337 e. The molecule has 2 aromatic carbocycles. The minimum Gasteiger partial charge on any atom is -0.478 e. The lowest BCUT2D eigenvalue weighted by Gasteiger charge is -2.23. The predicted octanol–water partition coefficient (Wildman–Crippen LogP) is 2.28. The van der Waals surface area contributed by atoms with Gasteiger partial charge in [0.1, 0.15) is 5.69 Å². The van der Waals surface area contributed by atoms with Crippen molar-refractivity contribution in [2.45, 2.75) is 6.23 Å². The van der Waals surface area contributed by atoms with Crippen LogP contribution in [-0.4, -0.2) is 47.5 Å². The molecule has 4 aromatic rings. The Kier molecular flexibility index (Phi) is 4.26. The Morgan fingerprint density at radius 1 is 1.06 bits per heavy atom. The van der Waals surface area contributed by atoms with Gasteiger partial charge in [0.15, 0.2) is 6.23 Å². The number of H-pyrrole nitrogens is 1. The molecule has 0 bridgehead atoms. The van der Waals surface area contributed by atoms with Crippen LogP contribution in [0.1, 0.15) is 32.5 Å². The average molecular weight is 414 g/mol. The van der Waals surface area contributed by atoms with E-state index in [1.54, 1.807) is 30.5 Å². The van der Waals surface area contributed by atoms with E-state index in [2.05, 4.69) is 25.4 Å². The molecule has 0 spiro atoms. The number of aromatic nitrogens is 5. The fourth-order valence-electron chi connectivity index (χ4n) is 3.61. The molecule has 0 saturated carbocycles. The minimum atomic E-state index is -1.32. The Labute approximate surface area is 174 Å². The maximum absolute atomic E-state index is 13.2. The molecule has 10 nitrogen and oxygen atoms in total. The Bertz CT molecular complexity index is 1310. The fourth-order valence-corrected chi connectivity index (χ4v) is 3.61. The Hall–Kier alpha value is -4.44. The normalized spacial score (nSPS) is 15.2. The highest BCUT2D eigenvalue weighted by atomic mass is 16.4. The molecular formula is C21H14N6O4. The van der Waals surface area contributed by atoms with Gasteiger partial charge >= 0.3 is 5.97 Å². The van der Waals surface area contributed by atoms with Gasteiger partial charge in [-0.15, -0.1) is 5.10 Å². The largest absolute Gasteiger partial charge is 0.478 e. The summed E-state index contributed by atoms with van der Waals surface area (Å²) < 4.78 is 0. The summed E-state index contributed by atoms with van der Waals surface area (Å²) >= 11 is 0. The highest BCUT2D eigenvalue weighted by Gasteiger charge is 2.38. The number of nitrogens with zero attached hydrogens (tertiary/aromatic N) is 5. The van der Waals surface area contributed by atoms with Gasteiger partial charge < -0.3 is 10.2 Å². The SMILES string of the molecule is O=C(O)c1cc(-c2cnccn2)ccc1N1C(=O)c2cc(-c3c[nH]nn3)ccc2C1O. The van der Waals surface area contributed by atoms with Crippen LogP contribution in [0.5, 0.6) is 0 Å². The van der Waals surface area contributed by atoms with E-state index in [-0.39, 0.29) is 16.8 Å². The van der Waals surface area contributed by atoms with Gasteiger partial charge in [0.05, 0.1) is 23.1 Å². The standard InChI is InChI=1S/C21H14N6O4/c28-19-13-3-1-12(17-10-24-26-25-17)7-14(13)20(29)27(19)18-4-2-11(8-15(18)21(30)31)16-9-22-5-6-23-16/h1-10,19,28H,(H,30,31)(H,24,25,26). The molecule has 5 rings (SSSR count). The molecule has 1 atom stereocenters. The molecule has 1 unspecified atom stereocenters. The van der Waals surface area contributed by atoms with Gasteiger partial charge in [-0.1, -0.05) is 23.4 Å². The zero-order chi connectivity index (χ0) is 21.5. The zero-order valence-corrected chi connectivity index (χ0v) is 15.8. The Balaban J connectivity index is 1.58. The van der Waals surface area contributed by atoms with Crippen molar-refractivity contribution in [2.24, 2.45) is 0 Å². The maximum Gasteiger partial charge on any atom is 0.337 e. The number of aliphatic hydroxyl groups is 1. The second-order valence-corrected chi connectivity index (χ2v) is 6.84. The number of fused-ring (bicyclic) bond motifs is 1. The zero-order valence-electron chi connectivity index (χ0n) is 15.8. The topological polar surface area (TPSA) is 145 Å². The number of anilines is 1.